The maximum atomic E-state index is 6.18. The Morgan fingerprint density at radius 2 is 2.00 bits per heavy atom. The van der Waals surface area contributed by atoms with Crippen molar-refractivity contribution in [2.24, 2.45) is 5.73 Å². The van der Waals surface area contributed by atoms with E-state index in [-0.39, 0.29) is 6.10 Å². The van der Waals surface area contributed by atoms with Crippen LogP contribution in [0.25, 0.3) is 0 Å². The molecule has 0 aromatic heterocycles. The highest BCUT2D eigenvalue weighted by molar-refractivity contribution is 9.10. The summed E-state index contributed by atoms with van der Waals surface area (Å²) in [5, 5.41) is 0.673. The van der Waals surface area contributed by atoms with Crippen LogP contribution in [-0.4, -0.2) is 6.54 Å². The van der Waals surface area contributed by atoms with Gasteiger partial charge in [-0.25, -0.2) is 0 Å². The summed E-state index contributed by atoms with van der Waals surface area (Å²) in [6.07, 6.45) is -0.241. The first-order chi connectivity index (χ1) is 9.11. The van der Waals surface area contributed by atoms with Gasteiger partial charge in [-0.3, -0.25) is 0 Å². The lowest BCUT2D eigenvalue weighted by molar-refractivity contribution is 0.214. The number of ether oxygens (including phenoxy) is 1. The lowest BCUT2D eigenvalue weighted by Gasteiger charge is -2.19. The molecule has 2 rings (SSSR count). The molecule has 0 fully saturated rings. The summed E-state index contributed by atoms with van der Waals surface area (Å²) in [5.41, 5.74) is 7.82. The molecule has 19 heavy (non-hydrogen) atoms. The van der Waals surface area contributed by atoms with Crippen LogP contribution in [0.2, 0.25) is 5.02 Å². The largest absolute Gasteiger partial charge is 0.484 e. The molecule has 1 unspecified atom stereocenters. The first-order valence-electron chi connectivity index (χ1n) is 5.99. The van der Waals surface area contributed by atoms with Crippen LogP contribution in [0.15, 0.2) is 46.9 Å². The molecule has 0 bridgehead atoms. The van der Waals surface area contributed by atoms with Gasteiger partial charge in [0.2, 0.25) is 0 Å². The van der Waals surface area contributed by atoms with Crippen molar-refractivity contribution in [2.75, 3.05) is 6.54 Å². The average Bonchev–Trinajstić information content (AvgIpc) is 2.41. The summed E-state index contributed by atoms with van der Waals surface area (Å²) in [6, 6.07) is 13.5. The van der Waals surface area contributed by atoms with Crippen molar-refractivity contribution in [2.45, 2.75) is 13.0 Å². The molecule has 2 aromatic carbocycles. The third-order valence-electron chi connectivity index (χ3n) is 2.87. The van der Waals surface area contributed by atoms with E-state index < -0.39 is 0 Å². The van der Waals surface area contributed by atoms with Crippen molar-refractivity contribution in [3.05, 3.63) is 63.1 Å². The third-order valence-corrected chi connectivity index (χ3v) is 4.11. The molecule has 0 aliphatic heterocycles. The van der Waals surface area contributed by atoms with Crippen molar-refractivity contribution in [1.82, 2.24) is 0 Å². The minimum atomic E-state index is -0.241. The highest BCUT2D eigenvalue weighted by atomic mass is 79.9. The number of halogens is 2. The summed E-state index contributed by atoms with van der Waals surface area (Å²) in [5.74, 6) is 0.788. The second kappa shape index (κ2) is 6.42. The van der Waals surface area contributed by atoms with Gasteiger partial charge < -0.3 is 10.5 Å². The van der Waals surface area contributed by atoms with Crippen LogP contribution in [0.4, 0.5) is 0 Å². The van der Waals surface area contributed by atoms with Crippen LogP contribution in [0.5, 0.6) is 5.75 Å². The molecule has 100 valence electrons. The SMILES string of the molecule is Cc1cc(OC(CN)c2ccccc2Cl)ccc1Br. The molecular formula is C15H15BrClNO. The Labute approximate surface area is 126 Å². The van der Waals surface area contributed by atoms with E-state index >= 15 is 0 Å². The Hall–Kier alpha value is -1.03. The molecule has 0 amide bonds. The number of hydrogen-bond acceptors (Lipinski definition) is 2. The van der Waals surface area contributed by atoms with Crippen molar-refractivity contribution >= 4 is 27.5 Å². The second-order valence-corrected chi connectivity index (χ2v) is 5.54. The molecular weight excluding hydrogens is 326 g/mol. The first kappa shape index (κ1) is 14.4. The minimum absolute atomic E-state index is 0.241. The molecule has 1 atom stereocenters. The number of aryl methyl sites for hydroxylation is 1. The zero-order chi connectivity index (χ0) is 13.8. The van der Waals surface area contributed by atoms with Crippen molar-refractivity contribution in [1.29, 1.82) is 0 Å². The van der Waals surface area contributed by atoms with E-state index in [4.69, 9.17) is 22.1 Å². The quantitative estimate of drug-likeness (QED) is 0.890. The average molecular weight is 341 g/mol. The summed E-state index contributed by atoms with van der Waals surface area (Å²) in [6.45, 7) is 2.39. The van der Waals surface area contributed by atoms with E-state index in [2.05, 4.69) is 15.9 Å². The Balaban J connectivity index is 2.24. The normalized spacial score (nSPS) is 12.2. The first-order valence-corrected chi connectivity index (χ1v) is 7.16. The van der Waals surface area contributed by atoms with Gasteiger partial charge in [-0.15, -0.1) is 0 Å². The smallest absolute Gasteiger partial charge is 0.137 e. The molecule has 0 radical (unpaired) electrons. The Kier molecular flexibility index (Phi) is 4.86. The van der Waals surface area contributed by atoms with Crippen molar-refractivity contribution in [3.8, 4) is 5.75 Å². The van der Waals surface area contributed by atoms with Gasteiger partial charge in [0.15, 0.2) is 0 Å². The number of nitrogens with two attached hydrogens (primary N) is 1. The van der Waals surface area contributed by atoms with Crippen LogP contribution in [0.1, 0.15) is 17.2 Å². The Morgan fingerprint density at radius 1 is 1.26 bits per heavy atom. The number of hydrogen-bond donors (Lipinski definition) is 1. The monoisotopic (exact) mass is 339 g/mol. The molecule has 0 saturated carbocycles. The molecule has 2 N–H and O–H groups in total. The fourth-order valence-electron chi connectivity index (χ4n) is 1.83. The van der Waals surface area contributed by atoms with E-state index in [1.807, 2.05) is 49.4 Å². The van der Waals surface area contributed by atoms with E-state index in [0.717, 1.165) is 21.3 Å². The van der Waals surface area contributed by atoms with Gasteiger partial charge in [0.1, 0.15) is 11.9 Å². The van der Waals surface area contributed by atoms with Crippen LogP contribution in [-0.2, 0) is 0 Å². The van der Waals surface area contributed by atoms with E-state index in [9.17, 15) is 0 Å². The topological polar surface area (TPSA) is 35.2 Å². The summed E-state index contributed by atoms with van der Waals surface area (Å²) in [4.78, 5) is 0. The molecule has 0 spiro atoms. The zero-order valence-corrected chi connectivity index (χ0v) is 12.9. The number of rotatable bonds is 4. The second-order valence-electron chi connectivity index (χ2n) is 4.27. The molecule has 0 aliphatic rings. The van der Waals surface area contributed by atoms with Crippen molar-refractivity contribution < 1.29 is 4.74 Å². The fourth-order valence-corrected chi connectivity index (χ4v) is 2.33. The standard InChI is InChI=1S/C15H15BrClNO/c1-10-8-11(6-7-13(10)16)19-15(9-18)12-4-2-3-5-14(12)17/h2-8,15H,9,18H2,1H3. The molecule has 2 aromatic rings. The number of benzene rings is 2. The maximum Gasteiger partial charge on any atom is 0.137 e. The fraction of sp³-hybridized carbons (Fsp3) is 0.200. The van der Waals surface area contributed by atoms with E-state index in [0.29, 0.717) is 11.6 Å². The Morgan fingerprint density at radius 3 is 2.63 bits per heavy atom. The highest BCUT2D eigenvalue weighted by Crippen LogP contribution is 2.29. The molecule has 2 nitrogen and oxygen atoms in total. The van der Waals surface area contributed by atoms with Crippen LogP contribution in [0, 0.1) is 6.92 Å². The molecule has 4 heteroatoms. The van der Waals surface area contributed by atoms with Gasteiger partial charge in [-0.2, -0.15) is 0 Å². The van der Waals surface area contributed by atoms with Crippen LogP contribution >= 0.6 is 27.5 Å². The van der Waals surface area contributed by atoms with Gasteiger partial charge in [0.05, 0.1) is 0 Å². The summed E-state index contributed by atoms with van der Waals surface area (Å²) < 4.78 is 6.99. The lowest BCUT2D eigenvalue weighted by atomic mass is 10.1. The van der Waals surface area contributed by atoms with E-state index in [1.165, 1.54) is 0 Å². The van der Waals surface area contributed by atoms with Gasteiger partial charge in [-0.1, -0.05) is 45.7 Å². The lowest BCUT2D eigenvalue weighted by Crippen LogP contribution is -2.18. The highest BCUT2D eigenvalue weighted by Gasteiger charge is 2.14. The van der Waals surface area contributed by atoms with Gasteiger partial charge in [0.25, 0.3) is 0 Å². The molecule has 0 heterocycles. The van der Waals surface area contributed by atoms with E-state index in [1.54, 1.807) is 0 Å². The molecule has 0 saturated heterocycles. The maximum absolute atomic E-state index is 6.18. The van der Waals surface area contributed by atoms with Crippen LogP contribution in [0.3, 0.4) is 0 Å². The predicted molar refractivity (Wildman–Crippen MR) is 82.8 cm³/mol. The van der Waals surface area contributed by atoms with Gasteiger partial charge in [-0.05, 0) is 36.8 Å². The van der Waals surface area contributed by atoms with Gasteiger partial charge >= 0.3 is 0 Å². The van der Waals surface area contributed by atoms with Crippen LogP contribution < -0.4 is 10.5 Å². The summed E-state index contributed by atoms with van der Waals surface area (Å²) >= 11 is 9.65. The summed E-state index contributed by atoms with van der Waals surface area (Å²) in [7, 11) is 0. The van der Waals surface area contributed by atoms with Gasteiger partial charge in [0, 0.05) is 21.6 Å². The minimum Gasteiger partial charge on any atom is -0.484 e. The zero-order valence-electron chi connectivity index (χ0n) is 10.6. The molecule has 0 aliphatic carbocycles. The van der Waals surface area contributed by atoms with Crippen molar-refractivity contribution in [3.63, 3.8) is 0 Å². The third kappa shape index (κ3) is 3.50. The predicted octanol–water partition coefficient (Wildman–Crippen LogP) is 4.49. The Bertz CT molecular complexity index is 574.